The van der Waals surface area contributed by atoms with Gasteiger partial charge in [0.15, 0.2) is 0 Å². The van der Waals surface area contributed by atoms with E-state index in [1.807, 2.05) is 0 Å². The number of hydrogen-bond donors (Lipinski definition) is 1. The van der Waals surface area contributed by atoms with Crippen LogP contribution in [0.2, 0.25) is 5.02 Å². The van der Waals surface area contributed by atoms with Gasteiger partial charge in [-0.3, -0.25) is 4.79 Å². The molecular weight excluding hydrogens is 371 g/mol. The summed E-state index contributed by atoms with van der Waals surface area (Å²) in [6, 6.07) is 4.60. The third-order valence-corrected chi connectivity index (χ3v) is 4.94. The molecule has 1 aromatic carbocycles. The minimum absolute atomic E-state index is 0.0650. The van der Waals surface area contributed by atoms with Crippen molar-refractivity contribution in [1.29, 1.82) is 0 Å². The van der Waals surface area contributed by atoms with Crippen molar-refractivity contribution >= 4 is 33.4 Å². The van der Waals surface area contributed by atoms with Crippen LogP contribution >= 0.6 is 27.5 Å². The molecule has 1 amide bonds. The molecule has 0 radical (unpaired) electrons. The number of halogens is 5. The summed E-state index contributed by atoms with van der Waals surface area (Å²) in [6.07, 6.45) is -3.31. The Morgan fingerprint density at radius 1 is 1.24 bits per heavy atom. The molecule has 21 heavy (non-hydrogen) atoms. The fraction of sp³-hybridized carbons (Fsp3) is 0.500. The smallest absolute Gasteiger partial charge is 0.349 e. The summed E-state index contributed by atoms with van der Waals surface area (Å²) >= 11 is 9.15. The minimum atomic E-state index is -4.13. The highest BCUT2D eigenvalue weighted by Crippen LogP contribution is 2.37. The zero-order valence-electron chi connectivity index (χ0n) is 11.0. The fourth-order valence-corrected chi connectivity index (χ4v) is 2.90. The molecule has 0 bridgehead atoms. The normalized spacial score (nSPS) is 22.9. The van der Waals surface area contributed by atoms with Crippen LogP contribution in [0.15, 0.2) is 22.7 Å². The van der Waals surface area contributed by atoms with Gasteiger partial charge in [-0.25, -0.2) is 0 Å². The maximum atomic E-state index is 12.6. The SMILES string of the molecule is O=C(NC1CCC(C(F)(F)F)CC1)c1ccc(Br)c(Cl)c1. The molecule has 1 aliphatic carbocycles. The van der Waals surface area contributed by atoms with Crippen molar-refractivity contribution in [2.24, 2.45) is 5.92 Å². The lowest BCUT2D eigenvalue weighted by Crippen LogP contribution is -2.40. The molecule has 0 aromatic heterocycles. The summed E-state index contributed by atoms with van der Waals surface area (Å²) in [7, 11) is 0. The van der Waals surface area contributed by atoms with Gasteiger partial charge in [-0.15, -0.1) is 0 Å². The standard InChI is InChI=1S/C14H14BrClF3NO/c15-11-6-1-8(7-12(11)16)13(21)20-10-4-2-9(3-5-10)14(17,18)19/h1,6-7,9-10H,2-5H2,(H,20,21). The number of hydrogen-bond acceptors (Lipinski definition) is 1. The Hall–Kier alpha value is -0.750. The second kappa shape index (κ2) is 6.57. The van der Waals surface area contributed by atoms with Crippen molar-refractivity contribution in [2.75, 3.05) is 0 Å². The highest BCUT2D eigenvalue weighted by molar-refractivity contribution is 9.10. The van der Waals surface area contributed by atoms with E-state index in [1.165, 1.54) is 6.07 Å². The zero-order valence-corrected chi connectivity index (χ0v) is 13.4. The molecule has 116 valence electrons. The van der Waals surface area contributed by atoms with Crippen molar-refractivity contribution in [1.82, 2.24) is 5.32 Å². The van der Waals surface area contributed by atoms with E-state index in [2.05, 4.69) is 21.2 Å². The average Bonchev–Trinajstić information content (AvgIpc) is 2.41. The summed E-state index contributed by atoms with van der Waals surface area (Å²) in [4.78, 5) is 12.0. The number of carbonyl (C=O) groups excluding carboxylic acids is 1. The first-order valence-corrected chi connectivity index (χ1v) is 7.77. The molecule has 0 aliphatic heterocycles. The predicted octanol–water partition coefficient (Wildman–Crippen LogP) is 4.95. The zero-order chi connectivity index (χ0) is 15.6. The Balaban J connectivity index is 1.91. The van der Waals surface area contributed by atoms with Crippen molar-refractivity contribution in [3.05, 3.63) is 33.3 Å². The molecule has 2 rings (SSSR count). The van der Waals surface area contributed by atoms with Crippen LogP contribution in [0.5, 0.6) is 0 Å². The molecule has 1 saturated carbocycles. The number of benzene rings is 1. The first-order valence-electron chi connectivity index (χ1n) is 6.60. The fourth-order valence-electron chi connectivity index (χ4n) is 2.47. The molecule has 1 aromatic rings. The molecule has 0 unspecified atom stereocenters. The van der Waals surface area contributed by atoms with Crippen molar-refractivity contribution in [3.63, 3.8) is 0 Å². The number of alkyl halides is 3. The summed E-state index contributed by atoms with van der Waals surface area (Å²) < 4.78 is 38.4. The second-order valence-electron chi connectivity index (χ2n) is 5.19. The van der Waals surface area contributed by atoms with Gasteiger partial charge in [0, 0.05) is 16.1 Å². The summed E-state index contributed by atoms with van der Waals surface area (Å²) in [5.74, 6) is -1.55. The van der Waals surface area contributed by atoms with Gasteiger partial charge in [-0.2, -0.15) is 13.2 Å². The highest BCUT2D eigenvalue weighted by atomic mass is 79.9. The molecule has 2 nitrogen and oxygen atoms in total. The van der Waals surface area contributed by atoms with Crippen LogP contribution in [0.3, 0.4) is 0 Å². The van der Waals surface area contributed by atoms with Gasteiger partial charge in [-0.05, 0) is 59.8 Å². The van der Waals surface area contributed by atoms with E-state index >= 15 is 0 Å². The quantitative estimate of drug-likeness (QED) is 0.768. The van der Waals surface area contributed by atoms with E-state index in [1.54, 1.807) is 12.1 Å². The summed E-state index contributed by atoms with van der Waals surface area (Å²) in [5, 5.41) is 3.19. The maximum Gasteiger partial charge on any atom is 0.391 e. The molecule has 0 atom stereocenters. The Morgan fingerprint density at radius 2 is 1.86 bits per heavy atom. The van der Waals surface area contributed by atoms with E-state index < -0.39 is 12.1 Å². The molecule has 1 aliphatic rings. The predicted molar refractivity (Wildman–Crippen MR) is 78.4 cm³/mol. The topological polar surface area (TPSA) is 29.1 Å². The third-order valence-electron chi connectivity index (χ3n) is 3.71. The van der Waals surface area contributed by atoms with E-state index in [4.69, 9.17) is 11.6 Å². The van der Waals surface area contributed by atoms with Gasteiger partial charge in [0.25, 0.3) is 5.91 Å². The lowest BCUT2D eigenvalue weighted by Gasteiger charge is -2.30. The monoisotopic (exact) mass is 383 g/mol. The largest absolute Gasteiger partial charge is 0.391 e. The van der Waals surface area contributed by atoms with Gasteiger partial charge in [0.05, 0.1) is 10.9 Å². The van der Waals surface area contributed by atoms with Gasteiger partial charge in [-0.1, -0.05) is 11.6 Å². The number of amides is 1. The Labute approximate surface area is 134 Å². The van der Waals surface area contributed by atoms with Crippen LogP contribution in [0.4, 0.5) is 13.2 Å². The van der Waals surface area contributed by atoms with Crippen molar-refractivity contribution in [2.45, 2.75) is 37.9 Å². The molecule has 7 heteroatoms. The van der Waals surface area contributed by atoms with Gasteiger partial charge < -0.3 is 5.32 Å². The van der Waals surface area contributed by atoms with Crippen LogP contribution < -0.4 is 5.32 Å². The molecular formula is C14H14BrClF3NO. The van der Waals surface area contributed by atoms with E-state index in [0.717, 1.165) is 0 Å². The van der Waals surface area contributed by atoms with E-state index in [9.17, 15) is 18.0 Å². The number of rotatable bonds is 2. The van der Waals surface area contributed by atoms with Crippen LogP contribution in [-0.4, -0.2) is 18.1 Å². The average molecular weight is 385 g/mol. The molecule has 0 heterocycles. The van der Waals surface area contributed by atoms with Crippen molar-refractivity contribution in [3.8, 4) is 0 Å². The van der Waals surface area contributed by atoms with Crippen LogP contribution in [0.25, 0.3) is 0 Å². The Kier molecular flexibility index (Phi) is 5.20. The van der Waals surface area contributed by atoms with Crippen molar-refractivity contribution < 1.29 is 18.0 Å². The van der Waals surface area contributed by atoms with Crippen LogP contribution in [0, 0.1) is 5.92 Å². The van der Waals surface area contributed by atoms with E-state index in [0.29, 0.717) is 27.9 Å². The minimum Gasteiger partial charge on any atom is -0.349 e. The third kappa shape index (κ3) is 4.36. The first kappa shape index (κ1) is 16.6. The second-order valence-corrected chi connectivity index (χ2v) is 6.45. The lowest BCUT2D eigenvalue weighted by atomic mass is 9.85. The molecule has 1 fully saturated rings. The Morgan fingerprint density at radius 3 is 2.38 bits per heavy atom. The van der Waals surface area contributed by atoms with Crippen LogP contribution in [-0.2, 0) is 0 Å². The van der Waals surface area contributed by atoms with Gasteiger partial charge in [0.2, 0.25) is 0 Å². The molecule has 1 N–H and O–H groups in total. The molecule has 0 saturated heterocycles. The lowest BCUT2D eigenvalue weighted by molar-refractivity contribution is -0.182. The maximum absolute atomic E-state index is 12.6. The summed E-state index contributed by atoms with van der Waals surface area (Å²) in [5.41, 5.74) is 0.404. The highest BCUT2D eigenvalue weighted by Gasteiger charge is 2.41. The van der Waals surface area contributed by atoms with Gasteiger partial charge >= 0.3 is 6.18 Å². The van der Waals surface area contributed by atoms with Gasteiger partial charge in [0.1, 0.15) is 0 Å². The summed E-state index contributed by atoms with van der Waals surface area (Å²) in [6.45, 7) is 0. The number of carbonyl (C=O) groups is 1. The van der Waals surface area contributed by atoms with Crippen LogP contribution in [0.1, 0.15) is 36.0 Å². The molecule has 0 spiro atoms. The van der Waals surface area contributed by atoms with E-state index in [-0.39, 0.29) is 24.8 Å². The number of nitrogens with one attached hydrogen (secondary N) is 1. The Bertz CT molecular complexity index is 527. The first-order chi connectivity index (χ1) is 9.77.